The summed E-state index contributed by atoms with van der Waals surface area (Å²) in [4.78, 5) is 0. The largest absolute Gasteiger partial charge is 0.508 e. The van der Waals surface area contributed by atoms with Gasteiger partial charge in [0.25, 0.3) is 0 Å². The molecular formula is C15H14F3NO2. The molecule has 0 radical (unpaired) electrons. The molecule has 6 heteroatoms. The van der Waals surface area contributed by atoms with E-state index < -0.39 is 17.8 Å². The van der Waals surface area contributed by atoms with Crippen molar-refractivity contribution < 1.29 is 23.0 Å². The minimum absolute atomic E-state index is 0.0104. The van der Waals surface area contributed by atoms with Crippen LogP contribution in [0.5, 0.6) is 11.5 Å². The third-order valence-corrected chi connectivity index (χ3v) is 2.93. The van der Waals surface area contributed by atoms with Gasteiger partial charge in [-0.1, -0.05) is 18.2 Å². The first-order chi connectivity index (χ1) is 9.88. The number of halogens is 3. The maximum Gasteiger partial charge on any atom is 0.416 e. The first-order valence-electron chi connectivity index (χ1n) is 6.21. The lowest BCUT2D eigenvalue weighted by Crippen LogP contribution is -2.23. The van der Waals surface area contributed by atoms with Crippen LogP contribution >= 0.6 is 0 Å². The normalized spacial score (nSPS) is 13.0. The summed E-state index contributed by atoms with van der Waals surface area (Å²) in [6.07, 6.45) is -4.45. The zero-order chi connectivity index (χ0) is 15.5. The molecule has 0 saturated carbocycles. The lowest BCUT2D eigenvalue weighted by molar-refractivity contribution is -0.138. The second-order valence-electron chi connectivity index (χ2n) is 4.50. The molecule has 112 valence electrons. The summed E-state index contributed by atoms with van der Waals surface area (Å²) in [6, 6.07) is 10.1. The molecule has 0 aliphatic heterocycles. The van der Waals surface area contributed by atoms with Gasteiger partial charge in [0.1, 0.15) is 18.1 Å². The van der Waals surface area contributed by atoms with Gasteiger partial charge in [0, 0.05) is 0 Å². The number of phenolic OH excluding ortho intramolecular Hbond substituents is 1. The second-order valence-corrected chi connectivity index (χ2v) is 4.50. The highest BCUT2D eigenvalue weighted by atomic mass is 19.4. The van der Waals surface area contributed by atoms with Crippen LogP contribution in [-0.4, -0.2) is 11.7 Å². The third kappa shape index (κ3) is 3.88. The molecule has 3 N–H and O–H groups in total. The van der Waals surface area contributed by atoms with Crippen LogP contribution in [0, 0.1) is 0 Å². The smallest absolute Gasteiger partial charge is 0.416 e. The van der Waals surface area contributed by atoms with Crippen LogP contribution in [-0.2, 0) is 6.18 Å². The molecule has 0 heterocycles. The minimum atomic E-state index is -4.45. The Hall–Kier alpha value is -2.21. The van der Waals surface area contributed by atoms with Crippen LogP contribution < -0.4 is 10.5 Å². The van der Waals surface area contributed by atoms with E-state index in [4.69, 9.17) is 15.6 Å². The van der Waals surface area contributed by atoms with Crippen molar-refractivity contribution in [1.29, 1.82) is 0 Å². The van der Waals surface area contributed by atoms with Gasteiger partial charge in [-0.05, 0) is 35.9 Å². The van der Waals surface area contributed by atoms with Gasteiger partial charge in [-0.25, -0.2) is 0 Å². The van der Waals surface area contributed by atoms with Crippen molar-refractivity contribution in [2.45, 2.75) is 12.2 Å². The molecule has 21 heavy (non-hydrogen) atoms. The Labute approximate surface area is 119 Å². The van der Waals surface area contributed by atoms with E-state index in [0.29, 0.717) is 5.75 Å². The number of hydrogen-bond donors (Lipinski definition) is 2. The Morgan fingerprint density at radius 3 is 2.29 bits per heavy atom. The molecule has 0 aromatic heterocycles. The topological polar surface area (TPSA) is 55.5 Å². The predicted molar refractivity (Wildman–Crippen MR) is 72.0 cm³/mol. The van der Waals surface area contributed by atoms with Crippen molar-refractivity contribution in [3.8, 4) is 11.5 Å². The molecule has 0 aliphatic carbocycles. The number of benzene rings is 2. The van der Waals surface area contributed by atoms with Gasteiger partial charge in [-0.3, -0.25) is 0 Å². The van der Waals surface area contributed by atoms with E-state index in [0.717, 1.165) is 6.07 Å². The highest BCUT2D eigenvalue weighted by molar-refractivity contribution is 5.33. The third-order valence-electron chi connectivity index (χ3n) is 2.93. The standard InChI is InChI=1S/C15H14F3NO2/c16-15(17,18)13-4-2-1-3-12(13)14(19)9-21-11-7-5-10(20)6-8-11/h1-8,14,20H,9,19H2. The molecule has 0 amide bonds. The number of hydrogen-bond acceptors (Lipinski definition) is 3. The lowest BCUT2D eigenvalue weighted by atomic mass is 10.0. The Balaban J connectivity index is 2.10. The van der Waals surface area contributed by atoms with E-state index in [1.165, 1.54) is 42.5 Å². The minimum Gasteiger partial charge on any atom is -0.508 e. The van der Waals surface area contributed by atoms with E-state index in [1.54, 1.807) is 0 Å². The monoisotopic (exact) mass is 297 g/mol. The summed E-state index contributed by atoms with van der Waals surface area (Å²) < 4.78 is 44.0. The number of phenols is 1. The average Bonchev–Trinajstić information content (AvgIpc) is 2.45. The SMILES string of the molecule is NC(COc1ccc(O)cc1)c1ccccc1C(F)(F)F. The van der Waals surface area contributed by atoms with Gasteiger partial charge in [-0.2, -0.15) is 13.2 Å². The highest BCUT2D eigenvalue weighted by Gasteiger charge is 2.34. The van der Waals surface area contributed by atoms with E-state index in [-0.39, 0.29) is 17.9 Å². The van der Waals surface area contributed by atoms with Gasteiger partial charge in [0.2, 0.25) is 0 Å². The number of ether oxygens (including phenoxy) is 1. The summed E-state index contributed by atoms with van der Waals surface area (Å²) >= 11 is 0. The Bertz CT molecular complexity index is 597. The van der Waals surface area contributed by atoms with Gasteiger partial charge in [-0.15, -0.1) is 0 Å². The first-order valence-corrected chi connectivity index (χ1v) is 6.21. The molecule has 0 fully saturated rings. The Morgan fingerprint density at radius 1 is 1.05 bits per heavy atom. The van der Waals surface area contributed by atoms with Crippen molar-refractivity contribution in [3.63, 3.8) is 0 Å². The number of rotatable bonds is 4. The highest BCUT2D eigenvalue weighted by Crippen LogP contribution is 2.34. The van der Waals surface area contributed by atoms with Crippen LogP contribution in [0.3, 0.4) is 0 Å². The van der Waals surface area contributed by atoms with Gasteiger partial charge < -0.3 is 15.6 Å². The zero-order valence-corrected chi connectivity index (χ0v) is 11.0. The fourth-order valence-electron chi connectivity index (χ4n) is 1.90. The second kappa shape index (κ2) is 6.05. The first kappa shape index (κ1) is 15.2. The number of alkyl halides is 3. The van der Waals surface area contributed by atoms with Crippen molar-refractivity contribution in [2.24, 2.45) is 5.73 Å². The fraction of sp³-hybridized carbons (Fsp3) is 0.200. The molecule has 0 saturated heterocycles. The summed E-state index contributed by atoms with van der Waals surface area (Å²) in [7, 11) is 0. The molecule has 2 aromatic rings. The Kier molecular flexibility index (Phi) is 4.37. The van der Waals surface area contributed by atoms with Crippen molar-refractivity contribution in [1.82, 2.24) is 0 Å². The van der Waals surface area contributed by atoms with Crippen molar-refractivity contribution in [2.75, 3.05) is 6.61 Å². The molecule has 2 aromatic carbocycles. The van der Waals surface area contributed by atoms with Crippen LogP contribution in [0.4, 0.5) is 13.2 Å². The summed E-state index contributed by atoms with van der Waals surface area (Å²) in [5.41, 5.74) is 5.03. The number of aromatic hydroxyl groups is 1. The van der Waals surface area contributed by atoms with E-state index in [9.17, 15) is 13.2 Å². The van der Waals surface area contributed by atoms with Crippen LogP contribution in [0.1, 0.15) is 17.2 Å². The zero-order valence-electron chi connectivity index (χ0n) is 11.0. The molecule has 1 unspecified atom stereocenters. The molecule has 0 bridgehead atoms. The lowest BCUT2D eigenvalue weighted by Gasteiger charge is -2.18. The molecule has 0 aliphatic rings. The molecular weight excluding hydrogens is 283 g/mol. The van der Waals surface area contributed by atoms with Crippen molar-refractivity contribution in [3.05, 3.63) is 59.7 Å². The van der Waals surface area contributed by atoms with E-state index in [1.807, 2.05) is 0 Å². The molecule has 0 spiro atoms. The predicted octanol–water partition coefficient (Wildman–Crippen LogP) is 3.49. The van der Waals surface area contributed by atoms with Gasteiger partial charge in [0.15, 0.2) is 0 Å². The average molecular weight is 297 g/mol. The fourth-order valence-corrected chi connectivity index (χ4v) is 1.90. The van der Waals surface area contributed by atoms with Crippen LogP contribution in [0.2, 0.25) is 0 Å². The van der Waals surface area contributed by atoms with Gasteiger partial charge >= 0.3 is 6.18 Å². The van der Waals surface area contributed by atoms with E-state index >= 15 is 0 Å². The quantitative estimate of drug-likeness (QED) is 0.908. The number of nitrogens with two attached hydrogens (primary N) is 1. The maximum absolute atomic E-state index is 12.9. The molecule has 3 nitrogen and oxygen atoms in total. The summed E-state index contributed by atoms with van der Waals surface area (Å²) in [5, 5.41) is 9.13. The summed E-state index contributed by atoms with van der Waals surface area (Å²) in [5.74, 6) is 0.502. The van der Waals surface area contributed by atoms with Crippen LogP contribution in [0.15, 0.2) is 48.5 Å². The van der Waals surface area contributed by atoms with E-state index in [2.05, 4.69) is 0 Å². The molecule has 1 atom stereocenters. The van der Waals surface area contributed by atoms with Gasteiger partial charge in [0.05, 0.1) is 11.6 Å². The Morgan fingerprint density at radius 2 is 1.67 bits per heavy atom. The van der Waals surface area contributed by atoms with Crippen molar-refractivity contribution >= 4 is 0 Å². The maximum atomic E-state index is 12.9. The summed E-state index contributed by atoms with van der Waals surface area (Å²) in [6.45, 7) is -0.0993. The molecule has 2 rings (SSSR count). The van der Waals surface area contributed by atoms with Crippen LogP contribution in [0.25, 0.3) is 0 Å².